The lowest BCUT2D eigenvalue weighted by Gasteiger charge is -2.13. The number of anilines is 1. The van der Waals surface area contributed by atoms with Gasteiger partial charge in [0.2, 0.25) is 0 Å². The molecule has 3 heteroatoms. The highest BCUT2D eigenvalue weighted by Gasteiger charge is 2.06. The quantitative estimate of drug-likeness (QED) is 0.797. The molecule has 0 saturated carbocycles. The van der Waals surface area contributed by atoms with Crippen molar-refractivity contribution < 1.29 is 0 Å². The van der Waals surface area contributed by atoms with Crippen LogP contribution in [0.15, 0.2) is 12.1 Å². The van der Waals surface area contributed by atoms with E-state index in [0.29, 0.717) is 18.5 Å². The fourth-order valence-corrected chi connectivity index (χ4v) is 1.39. The number of hydrogen-bond acceptors (Lipinski definition) is 3. The number of pyridine rings is 1. The molecule has 0 radical (unpaired) electrons. The van der Waals surface area contributed by atoms with E-state index in [2.05, 4.69) is 44.1 Å². The molecule has 0 aliphatic carbocycles. The van der Waals surface area contributed by atoms with Crippen LogP contribution in [0.1, 0.15) is 44.9 Å². The van der Waals surface area contributed by atoms with Crippen LogP contribution in [0.3, 0.4) is 0 Å². The van der Waals surface area contributed by atoms with Gasteiger partial charge in [0, 0.05) is 18.3 Å². The minimum absolute atomic E-state index is 0.394. The molecule has 1 rings (SSSR count). The third-order valence-electron chi connectivity index (χ3n) is 2.17. The highest BCUT2D eigenvalue weighted by atomic mass is 15.0. The first-order valence-electron chi connectivity index (χ1n) is 5.50. The molecule has 0 atom stereocenters. The summed E-state index contributed by atoms with van der Waals surface area (Å²) in [4.78, 5) is 4.55. The maximum Gasteiger partial charge on any atom is 0.126 e. The van der Waals surface area contributed by atoms with Crippen LogP contribution in [0, 0.1) is 0 Å². The van der Waals surface area contributed by atoms with Gasteiger partial charge in [-0.25, -0.2) is 4.98 Å². The van der Waals surface area contributed by atoms with E-state index in [4.69, 9.17) is 5.73 Å². The molecule has 1 aromatic heterocycles. The van der Waals surface area contributed by atoms with Crippen molar-refractivity contribution >= 4 is 5.82 Å². The van der Waals surface area contributed by atoms with Crippen LogP contribution < -0.4 is 11.1 Å². The summed E-state index contributed by atoms with van der Waals surface area (Å²) >= 11 is 0. The first-order valence-corrected chi connectivity index (χ1v) is 5.50. The maximum absolute atomic E-state index is 5.66. The third kappa shape index (κ3) is 3.51. The van der Waals surface area contributed by atoms with Gasteiger partial charge >= 0.3 is 0 Å². The SMILES string of the molecule is CC(C)Nc1cc(CN)cc(C(C)C)n1. The summed E-state index contributed by atoms with van der Waals surface area (Å²) in [5.41, 5.74) is 7.90. The molecule has 1 heterocycles. The van der Waals surface area contributed by atoms with Crippen molar-refractivity contribution in [2.45, 2.75) is 46.2 Å². The number of rotatable bonds is 4. The van der Waals surface area contributed by atoms with E-state index in [0.717, 1.165) is 17.1 Å². The standard InChI is InChI=1S/C12H21N3/c1-8(2)11-5-10(7-13)6-12(15-11)14-9(3)4/h5-6,8-9H,7,13H2,1-4H3,(H,14,15). The van der Waals surface area contributed by atoms with Gasteiger partial charge in [-0.05, 0) is 37.5 Å². The summed E-state index contributed by atoms with van der Waals surface area (Å²) in [5, 5.41) is 3.31. The molecular formula is C12H21N3. The number of nitrogens with two attached hydrogens (primary N) is 1. The Morgan fingerprint density at radius 3 is 2.40 bits per heavy atom. The van der Waals surface area contributed by atoms with Crippen LogP contribution in [0.2, 0.25) is 0 Å². The van der Waals surface area contributed by atoms with E-state index in [1.165, 1.54) is 0 Å². The zero-order valence-corrected chi connectivity index (χ0v) is 10.0. The fraction of sp³-hybridized carbons (Fsp3) is 0.583. The Morgan fingerprint density at radius 2 is 1.93 bits per heavy atom. The Morgan fingerprint density at radius 1 is 1.27 bits per heavy atom. The topological polar surface area (TPSA) is 50.9 Å². The van der Waals surface area contributed by atoms with Crippen LogP contribution in [0.4, 0.5) is 5.82 Å². The Labute approximate surface area is 92.1 Å². The van der Waals surface area contributed by atoms with Gasteiger partial charge in [0.1, 0.15) is 5.82 Å². The molecule has 0 spiro atoms. The molecule has 0 aliphatic heterocycles. The van der Waals surface area contributed by atoms with Crippen molar-refractivity contribution in [3.05, 3.63) is 23.4 Å². The van der Waals surface area contributed by atoms with Crippen molar-refractivity contribution in [3.63, 3.8) is 0 Å². The molecule has 3 N–H and O–H groups in total. The smallest absolute Gasteiger partial charge is 0.126 e. The number of hydrogen-bond donors (Lipinski definition) is 2. The van der Waals surface area contributed by atoms with Gasteiger partial charge in [-0.1, -0.05) is 13.8 Å². The lowest BCUT2D eigenvalue weighted by Crippen LogP contribution is -2.13. The van der Waals surface area contributed by atoms with Crippen molar-refractivity contribution in [2.24, 2.45) is 5.73 Å². The summed E-state index contributed by atoms with van der Waals surface area (Å²) in [6, 6.07) is 4.49. The van der Waals surface area contributed by atoms with E-state index in [1.54, 1.807) is 0 Å². The average molecular weight is 207 g/mol. The van der Waals surface area contributed by atoms with Gasteiger partial charge in [-0.3, -0.25) is 0 Å². The number of nitrogens with zero attached hydrogens (tertiary/aromatic N) is 1. The normalized spacial score (nSPS) is 11.1. The second kappa shape index (κ2) is 5.12. The summed E-state index contributed by atoms with van der Waals surface area (Å²) < 4.78 is 0. The van der Waals surface area contributed by atoms with Gasteiger partial charge in [-0.2, -0.15) is 0 Å². The van der Waals surface area contributed by atoms with E-state index >= 15 is 0 Å². The summed E-state index contributed by atoms with van der Waals surface area (Å²) in [5.74, 6) is 1.36. The summed E-state index contributed by atoms with van der Waals surface area (Å²) in [7, 11) is 0. The highest BCUT2D eigenvalue weighted by Crippen LogP contribution is 2.17. The second-order valence-corrected chi connectivity index (χ2v) is 4.44. The van der Waals surface area contributed by atoms with Crippen LogP contribution in [0.25, 0.3) is 0 Å². The lowest BCUT2D eigenvalue weighted by atomic mass is 10.1. The molecular weight excluding hydrogens is 186 g/mol. The molecule has 0 aromatic carbocycles. The largest absolute Gasteiger partial charge is 0.368 e. The van der Waals surface area contributed by atoms with Gasteiger partial charge in [0.15, 0.2) is 0 Å². The van der Waals surface area contributed by atoms with E-state index in [1.807, 2.05) is 6.07 Å². The molecule has 3 nitrogen and oxygen atoms in total. The number of nitrogens with one attached hydrogen (secondary N) is 1. The monoisotopic (exact) mass is 207 g/mol. The zero-order chi connectivity index (χ0) is 11.4. The summed E-state index contributed by atoms with van der Waals surface area (Å²) in [6.45, 7) is 9.05. The van der Waals surface area contributed by atoms with E-state index in [-0.39, 0.29) is 0 Å². The predicted molar refractivity (Wildman–Crippen MR) is 65.0 cm³/mol. The Kier molecular flexibility index (Phi) is 4.09. The molecule has 1 aromatic rings. The first-order chi connectivity index (χ1) is 7.02. The highest BCUT2D eigenvalue weighted by molar-refractivity contribution is 5.40. The predicted octanol–water partition coefficient (Wildman–Crippen LogP) is 2.48. The molecule has 0 unspecified atom stereocenters. The first kappa shape index (κ1) is 12.0. The molecule has 84 valence electrons. The van der Waals surface area contributed by atoms with Crippen molar-refractivity contribution in [1.82, 2.24) is 4.98 Å². The minimum atomic E-state index is 0.394. The van der Waals surface area contributed by atoms with Gasteiger partial charge in [0.25, 0.3) is 0 Å². The van der Waals surface area contributed by atoms with Crippen LogP contribution in [-0.2, 0) is 6.54 Å². The molecule has 15 heavy (non-hydrogen) atoms. The maximum atomic E-state index is 5.66. The van der Waals surface area contributed by atoms with Gasteiger partial charge in [0.05, 0.1) is 0 Å². The van der Waals surface area contributed by atoms with Crippen LogP contribution in [-0.4, -0.2) is 11.0 Å². The average Bonchev–Trinajstić information content (AvgIpc) is 2.16. The Hall–Kier alpha value is -1.09. The Balaban J connectivity index is 3.00. The molecule has 0 fully saturated rings. The van der Waals surface area contributed by atoms with E-state index < -0.39 is 0 Å². The number of aromatic nitrogens is 1. The molecule has 0 amide bonds. The van der Waals surface area contributed by atoms with Gasteiger partial charge in [-0.15, -0.1) is 0 Å². The second-order valence-electron chi connectivity index (χ2n) is 4.44. The lowest BCUT2D eigenvalue weighted by molar-refractivity contribution is 0.808. The van der Waals surface area contributed by atoms with Crippen LogP contribution in [0.5, 0.6) is 0 Å². The fourth-order valence-electron chi connectivity index (χ4n) is 1.39. The summed E-state index contributed by atoms with van der Waals surface area (Å²) in [6.07, 6.45) is 0. The van der Waals surface area contributed by atoms with Gasteiger partial charge < -0.3 is 11.1 Å². The molecule has 0 saturated heterocycles. The van der Waals surface area contributed by atoms with Crippen molar-refractivity contribution in [2.75, 3.05) is 5.32 Å². The third-order valence-corrected chi connectivity index (χ3v) is 2.17. The minimum Gasteiger partial charge on any atom is -0.368 e. The zero-order valence-electron chi connectivity index (χ0n) is 10.0. The van der Waals surface area contributed by atoms with Crippen molar-refractivity contribution in [3.8, 4) is 0 Å². The molecule has 0 aliphatic rings. The van der Waals surface area contributed by atoms with E-state index in [9.17, 15) is 0 Å². The Bertz CT molecular complexity index is 319. The van der Waals surface area contributed by atoms with Crippen LogP contribution >= 0.6 is 0 Å². The van der Waals surface area contributed by atoms with Crippen molar-refractivity contribution in [1.29, 1.82) is 0 Å². The molecule has 0 bridgehead atoms.